The predicted molar refractivity (Wildman–Crippen MR) is 50.1 cm³/mol. The molecule has 14 heavy (non-hydrogen) atoms. The Morgan fingerprint density at radius 2 is 2.21 bits per heavy atom. The molecule has 0 amide bonds. The second-order valence-electron chi connectivity index (χ2n) is 3.38. The first kappa shape index (κ1) is 11.8. The minimum atomic E-state index is -0.223. The van der Waals surface area contributed by atoms with Gasteiger partial charge in [-0.25, -0.2) is 0 Å². The van der Waals surface area contributed by atoms with Crippen molar-refractivity contribution in [2.75, 3.05) is 6.54 Å². The molecule has 1 aromatic rings. The van der Waals surface area contributed by atoms with Crippen LogP contribution in [0.25, 0.3) is 5.32 Å². The zero-order valence-corrected chi connectivity index (χ0v) is 10.2. The third kappa shape index (κ3) is 2.88. The second kappa shape index (κ2) is 5.59. The third-order valence-corrected chi connectivity index (χ3v) is 2.39. The summed E-state index contributed by atoms with van der Waals surface area (Å²) in [6.07, 6.45) is 3.50. The maximum atomic E-state index is 12.6. The summed E-state index contributed by atoms with van der Waals surface area (Å²) in [5.74, 6) is -0.223. The summed E-state index contributed by atoms with van der Waals surface area (Å²) in [7, 11) is 0. The van der Waals surface area contributed by atoms with E-state index in [2.05, 4.69) is 11.4 Å². The fourth-order valence-corrected chi connectivity index (χ4v) is 1.67. The van der Waals surface area contributed by atoms with Crippen molar-refractivity contribution in [2.45, 2.75) is 25.3 Å². The summed E-state index contributed by atoms with van der Waals surface area (Å²) in [5.41, 5.74) is 1.03. The van der Waals surface area contributed by atoms with Gasteiger partial charge in [-0.2, -0.15) is 17.7 Å². The van der Waals surface area contributed by atoms with Gasteiger partial charge in [-0.1, -0.05) is 19.3 Å². The van der Waals surface area contributed by atoms with Gasteiger partial charge in [-0.15, -0.1) is 24.7 Å². The van der Waals surface area contributed by atoms with Crippen LogP contribution in [0.5, 0.6) is 0 Å². The molecule has 1 atom stereocenters. The number of hydrogen-bond acceptors (Lipinski definition) is 0. The standard InChI is InChI=1S/C11H12FN.Ir/c12-10-6-4-9(5-7-10)11-3-1-2-8-13-11;/h4,6-7,11H,1-3,8H2;/q-2;. The number of benzene rings is 1. The Labute approximate surface area is 97.4 Å². The van der Waals surface area contributed by atoms with Crippen molar-refractivity contribution in [3.63, 3.8) is 0 Å². The van der Waals surface area contributed by atoms with E-state index < -0.39 is 0 Å². The summed E-state index contributed by atoms with van der Waals surface area (Å²) in [6.45, 7) is 0.940. The molecule has 79 valence electrons. The molecule has 3 heteroatoms. The molecule has 0 N–H and O–H groups in total. The first-order chi connectivity index (χ1) is 6.36. The Hall–Kier alpha value is -0.241. The van der Waals surface area contributed by atoms with Crippen LogP contribution < -0.4 is 0 Å². The monoisotopic (exact) mass is 370 g/mol. The van der Waals surface area contributed by atoms with Crippen molar-refractivity contribution in [3.05, 3.63) is 41.0 Å². The van der Waals surface area contributed by atoms with Crippen LogP contribution in [-0.2, 0) is 20.1 Å². The summed E-state index contributed by atoms with van der Waals surface area (Å²) < 4.78 is 12.6. The summed E-state index contributed by atoms with van der Waals surface area (Å²) in [4.78, 5) is 0. The van der Waals surface area contributed by atoms with E-state index in [-0.39, 0.29) is 32.0 Å². The van der Waals surface area contributed by atoms with E-state index in [0.717, 1.165) is 18.5 Å². The van der Waals surface area contributed by atoms with Gasteiger partial charge in [-0.05, 0) is 0 Å². The third-order valence-electron chi connectivity index (χ3n) is 2.39. The Balaban J connectivity index is 0.000000980. The quantitative estimate of drug-likeness (QED) is 0.675. The minimum Gasteiger partial charge on any atom is -0.657 e. The van der Waals surface area contributed by atoms with Crippen molar-refractivity contribution < 1.29 is 24.5 Å². The smallest absolute Gasteiger partial charge is 0.00872 e. The molecule has 1 aliphatic rings. The Bertz CT molecular complexity index is 267. The molecule has 1 aromatic carbocycles. The van der Waals surface area contributed by atoms with Crippen LogP contribution in [0.15, 0.2) is 18.2 Å². The Kier molecular flexibility index (Phi) is 4.73. The minimum absolute atomic E-state index is 0. The van der Waals surface area contributed by atoms with Gasteiger partial charge < -0.3 is 5.32 Å². The average Bonchev–Trinajstić information content (AvgIpc) is 2.20. The van der Waals surface area contributed by atoms with Crippen LogP contribution in [-0.4, -0.2) is 6.54 Å². The molecule has 1 aliphatic heterocycles. The van der Waals surface area contributed by atoms with Crippen LogP contribution in [0, 0.1) is 11.9 Å². The number of nitrogens with zero attached hydrogens (tertiary/aromatic N) is 1. The topological polar surface area (TPSA) is 14.1 Å². The summed E-state index contributed by atoms with van der Waals surface area (Å²) >= 11 is 0. The number of hydrogen-bond donors (Lipinski definition) is 0. The van der Waals surface area contributed by atoms with Crippen molar-refractivity contribution in [2.24, 2.45) is 0 Å². The van der Waals surface area contributed by atoms with E-state index in [1.165, 1.54) is 25.0 Å². The zero-order valence-electron chi connectivity index (χ0n) is 7.80. The van der Waals surface area contributed by atoms with Crippen molar-refractivity contribution in [3.8, 4) is 0 Å². The van der Waals surface area contributed by atoms with E-state index >= 15 is 0 Å². The molecule has 0 saturated carbocycles. The van der Waals surface area contributed by atoms with E-state index in [4.69, 9.17) is 0 Å². The van der Waals surface area contributed by atoms with E-state index in [1.807, 2.05) is 0 Å². The first-order valence-corrected chi connectivity index (χ1v) is 4.70. The number of halogens is 1. The number of rotatable bonds is 1. The average molecular weight is 369 g/mol. The fraction of sp³-hybridized carbons (Fsp3) is 0.455. The molecule has 0 aromatic heterocycles. The molecule has 1 nitrogen and oxygen atoms in total. The van der Waals surface area contributed by atoms with Gasteiger partial charge in [0.15, 0.2) is 0 Å². The normalized spacial score (nSPS) is 21.4. The Morgan fingerprint density at radius 1 is 1.36 bits per heavy atom. The molecular formula is C11H12FIrN-2. The zero-order chi connectivity index (χ0) is 9.10. The molecule has 0 spiro atoms. The van der Waals surface area contributed by atoms with Gasteiger partial charge in [-0.3, -0.25) is 4.39 Å². The first-order valence-electron chi connectivity index (χ1n) is 4.70. The van der Waals surface area contributed by atoms with Crippen molar-refractivity contribution >= 4 is 0 Å². The molecule has 1 fully saturated rings. The van der Waals surface area contributed by atoms with Gasteiger partial charge in [0.1, 0.15) is 0 Å². The van der Waals surface area contributed by atoms with Gasteiger partial charge >= 0.3 is 0 Å². The number of piperidine rings is 1. The molecule has 0 bridgehead atoms. The fourth-order valence-electron chi connectivity index (χ4n) is 1.67. The van der Waals surface area contributed by atoms with E-state index in [1.54, 1.807) is 6.07 Å². The SMILES string of the molecule is Fc1c[c-]c(C2CCCC[N-]2)cc1.[Ir]. The molecule has 2 rings (SSSR count). The summed E-state index contributed by atoms with van der Waals surface area (Å²) in [5, 5.41) is 4.48. The van der Waals surface area contributed by atoms with Gasteiger partial charge in [0.25, 0.3) is 0 Å². The van der Waals surface area contributed by atoms with Crippen molar-refractivity contribution in [1.29, 1.82) is 0 Å². The second-order valence-corrected chi connectivity index (χ2v) is 3.38. The maximum absolute atomic E-state index is 12.6. The Morgan fingerprint density at radius 3 is 2.79 bits per heavy atom. The molecule has 1 heterocycles. The van der Waals surface area contributed by atoms with Crippen LogP contribution in [0.3, 0.4) is 0 Å². The van der Waals surface area contributed by atoms with Crippen molar-refractivity contribution in [1.82, 2.24) is 0 Å². The molecule has 1 saturated heterocycles. The van der Waals surface area contributed by atoms with Gasteiger partial charge in [0.05, 0.1) is 0 Å². The van der Waals surface area contributed by atoms with Crippen LogP contribution >= 0.6 is 0 Å². The van der Waals surface area contributed by atoms with Gasteiger partial charge in [0, 0.05) is 25.9 Å². The molecule has 1 unspecified atom stereocenters. The maximum Gasteiger partial charge on any atom is 0.00872 e. The molecule has 0 aliphatic carbocycles. The van der Waals surface area contributed by atoms with Crippen LogP contribution in [0.2, 0.25) is 0 Å². The largest absolute Gasteiger partial charge is 0.657 e. The van der Waals surface area contributed by atoms with E-state index in [0.29, 0.717) is 0 Å². The van der Waals surface area contributed by atoms with Crippen LogP contribution in [0.4, 0.5) is 4.39 Å². The van der Waals surface area contributed by atoms with E-state index in [9.17, 15) is 4.39 Å². The van der Waals surface area contributed by atoms with Gasteiger partial charge in [0.2, 0.25) is 0 Å². The van der Waals surface area contributed by atoms with Crippen LogP contribution in [0.1, 0.15) is 30.9 Å². The predicted octanol–water partition coefficient (Wildman–Crippen LogP) is 3.22. The molecule has 1 radical (unpaired) electrons. The summed E-state index contributed by atoms with van der Waals surface area (Å²) in [6, 6.07) is 7.85. The molecular weight excluding hydrogens is 357 g/mol.